The van der Waals surface area contributed by atoms with Gasteiger partial charge in [-0.1, -0.05) is 12.1 Å². The number of amides is 1. The van der Waals surface area contributed by atoms with Crippen LogP contribution in [-0.2, 0) is 4.79 Å². The third-order valence-corrected chi connectivity index (χ3v) is 2.94. The number of nitro benzene ring substituents is 1. The van der Waals surface area contributed by atoms with Gasteiger partial charge in [0.1, 0.15) is 11.6 Å². The SMILES string of the molecule is Cc1cccc(OCC(=O)NN=Cc2cc([N+](=O)[O-])ccc2F)c1. The molecule has 2 aromatic carbocycles. The Morgan fingerprint density at radius 1 is 1.38 bits per heavy atom. The highest BCUT2D eigenvalue weighted by Gasteiger charge is 2.09. The minimum atomic E-state index is -0.686. The molecule has 8 heteroatoms. The molecule has 0 radical (unpaired) electrons. The number of halogens is 1. The van der Waals surface area contributed by atoms with E-state index in [4.69, 9.17) is 4.74 Å². The molecule has 0 aliphatic carbocycles. The number of nitrogens with zero attached hydrogens (tertiary/aromatic N) is 2. The predicted molar refractivity (Wildman–Crippen MR) is 85.5 cm³/mol. The lowest BCUT2D eigenvalue weighted by molar-refractivity contribution is -0.384. The minimum Gasteiger partial charge on any atom is -0.484 e. The van der Waals surface area contributed by atoms with Gasteiger partial charge < -0.3 is 4.74 Å². The second-order valence-electron chi connectivity index (χ2n) is 4.86. The van der Waals surface area contributed by atoms with Gasteiger partial charge in [0, 0.05) is 17.7 Å². The molecule has 124 valence electrons. The molecule has 2 aromatic rings. The molecule has 0 aliphatic heterocycles. The molecular formula is C16H14FN3O4. The average Bonchev–Trinajstić information content (AvgIpc) is 2.54. The van der Waals surface area contributed by atoms with Gasteiger partial charge in [0.25, 0.3) is 11.6 Å². The van der Waals surface area contributed by atoms with Crippen LogP contribution in [0.1, 0.15) is 11.1 Å². The van der Waals surface area contributed by atoms with E-state index in [-0.39, 0.29) is 17.9 Å². The number of nitrogens with one attached hydrogen (secondary N) is 1. The fourth-order valence-corrected chi connectivity index (χ4v) is 1.80. The fraction of sp³-hybridized carbons (Fsp3) is 0.125. The van der Waals surface area contributed by atoms with Crippen molar-refractivity contribution in [1.29, 1.82) is 0 Å². The van der Waals surface area contributed by atoms with E-state index in [2.05, 4.69) is 10.5 Å². The third kappa shape index (κ3) is 4.87. The molecule has 0 atom stereocenters. The Bertz CT molecular complexity index is 793. The van der Waals surface area contributed by atoms with Crippen molar-refractivity contribution in [3.8, 4) is 5.75 Å². The van der Waals surface area contributed by atoms with Gasteiger partial charge in [-0.25, -0.2) is 9.82 Å². The first-order chi connectivity index (χ1) is 11.5. The van der Waals surface area contributed by atoms with Crippen LogP contribution in [0.4, 0.5) is 10.1 Å². The molecule has 0 fully saturated rings. The summed E-state index contributed by atoms with van der Waals surface area (Å²) in [4.78, 5) is 21.6. The van der Waals surface area contributed by atoms with Crippen LogP contribution in [0.3, 0.4) is 0 Å². The van der Waals surface area contributed by atoms with Crippen molar-refractivity contribution in [2.45, 2.75) is 6.92 Å². The van der Waals surface area contributed by atoms with Crippen molar-refractivity contribution >= 4 is 17.8 Å². The van der Waals surface area contributed by atoms with E-state index in [1.54, 1.807) is 18.2 Å². The molecule has 1 N–H and O–H groups in total. The van der Waals surface area contributed by atoms with E-state index < -0.39 is 16.6 Å². The summed E-state index contributed by atoms with van der Waals surface area (Å²) < 4.78 is 18.8. The van der Waals surface area contributed by atoms with Crippen LogP contribution in [0.2, 0.25) is 0 Å². The number of hydrogen-bond donors (Lipinski definition) is 1. The van der Waals surface area contributed by atoms with Crippen LogP contribution in [-0.4, -0.2) is 23.7 Å². The number of ether oxygens (including phenoxy) is 1. The maximum atomic E-state index is 13.5. The molecule has 1 amide bonds. The van der Waals surface area contributed by atoms with Crippen LogP contribution in [0.15, 0.2) is 47.6 Å². The molecule has 0 bridgehead atoms. The molecular weight excluding hydrogens is 317 g/mol. The van der Waals surface area contributed by atoms with Crippen molar-refractivity contribution in [1.82, 2.24) is 5.43 Å². The lowest BCUT2D eigenvalue weighted by atomic mass is 10.2. The monoisotopic (exact) mass is 331 g/mol. The summed E-state index contributed by atoms with van der Waals surface area (Å²) in [5.74, 6) is -0.688. The Kier molecular flexibility index (Phi) is 5.56. The van der Waals surface area contributed by atoms with Gasteiger partial charge in [-0.3, -0.25) is 14.9 Å². The van der Waals surface area contributed by atoms with E-state index >= 15 is 0 Å². The number of hydrazone groups is 1. The van der Waals surface area contributed by atoms with Gasteiger partial charge >= 0.3 is 0 Å². The summed E-state index contributed by atoms with van der Waals surface area (Å²) in [5.41, 5.74) is 2.77. The van der Waals surface area contributed by atoms with Crippen LogP contribution >= 0.6 is 0 Å². The van der Waals surface area contributed by atoms with Crippen molar-refractivity contribution < 1.29 is 18.8 Å². The van der Waals surface area contributed by atoms with E-state index in [1.807, 2.05) is 13.0 Å². The maximum Gasteiger partial charge on any atom is 0.277 e. The number of carbonyl (C=O) groups is 1. The zero-order chi connectivity index (χ0) is 17.5. The number of aryl methyl sites for hydroxylation is 1. The Morgan fingerprint density at radius 3 is 2.88 bits per heavy atom. The minimum absolute atomic E-state index is 0.107. The smallest absolute Gasteiger partial charge is 0.277 e. The van der Waals surface area contributed by atoms with Gasteiger partial charge in [-0.2, -0.15) is 5.10 Å². The topological polar surface area (TPSA) is 93.8 Å². The third-order valence-electron chi connectivity index (χ3n) is 2.94. The molecule has 0 aromatic heterocycles. The molecule has 0 saturated heterocycles. The largest absolute Gasteiger partial charge is 0.484 e. The molecule has 2 rings (SSSR count). The van der Waals surface area contributed by atoms with E-state index in [0.717, 1.165) is 30.0 Å². The number of benzene rings is 2. The standard InChI is InChI=1S/C16H14FN3O4/c1-11-3-2-4-14(7-11)24-10-16(21)19-18-9-12-8-13(20(22)23)5-6-15(12)17/h2-9H,10H2,1H3,(H,19,21). The van der Waals surface area contributed by atoms with Gasteiger partial charge in [0.05, 0.1) is 11.1 Å². The lowest BCUT2D eigenvalue weighted by Crippen LogP contribution is -2.24. The van der Waals surface area contributed by atoms with Crippen LogP contribution in [0.5, 0.6) is 5.75 Å². The first-order valence-corrected chi connectivity index (χ1v) is 6.91. The van der Waals surface area contributed by atoms with Crippen molar-refractivity contribution in [2.75, 3.05) is 6.61 Å². The van der Waals surface area contributed by atoms with Gasteiger partial charge in [-0.05, 0) is 30.7 Å². The summed E-state index contributed by atoms with van der Waals surface area (Å²) in [6.45, 7) is 1.63. The fourth-order valence-electron chi connectivity index (χ4n) is 1.80. The van der Waals surface area contributed by atoms with Crippen LogP contribution in [0.25, 0.3) is 0 Å². The summed E-state index contributed by atoms with van der Waals surface area (Å²) >= 11 is 0. The lowest BCUT2D eigenvalue weighted by Gasteiger charge is -2.05. The molecule has 7 nitrogen and oxygen atoms in total. The summed E-state index contributed by atoms with van der Waals surface area (Å²) in [6.07, 6.45) is 0.993. The molecule has 0 spiro atoms. The van der Waals surface area contributed by atoms with Gasteiger partial charge in [0.2, 0.25) is 0 Å². The Hall–Kier alpha value is -3.29. The molecule has 0 heterocycles. The van der Waals surface area contributed by atoms with Crippen molar-refractivity contribution in [2.24, 2.45) is 5.10 Å². The number of non-ortho nitro benzene ring substituents is 1. The second kappa shape index (κ2) is 7.82. The predicted octanol–water partition coefficient (Wildman–Crippen LogP) is 2.57. The number of carbonyl (C=O) groups excluding carboxylic acids is 1. The quantitative estimate of drug-likeness (QED) is 0.500. The zero-order valence-electron chi connectivity index (χ0n) is 12.7. The first-order valence-electron chi connectivity index (χ1n) is 6.91. The van der Waals surface area contributed by atoms with Crippen LogP contribution in [0, 0.1) is 22.9 Å². The zero-order valence-corrected chi connectivity index (χ0v) is 12.7. The Labute approximate surface area is 136 Å². The molecule has 0 aliphatic rings. The highest BCUT2D eigenvalue weighted by molar-refractivity contribution is 5.83. The molecule has 0 saturated carbocycles. The normalized spacial score (nSPS) is 10.6. The van der Waals surface area contributed by atoms with E-state index in [1.165, 1.54) is 0 Å². The first kappa shape index (κ1) is 17.1. The maximum absolute atomic E-state index is 13.5. The number of nitro groups is 1. The Morgan fingerprint density at radius 2 is 2.17 bits per heavy atom. The van der Waals surface area contributed by atoms with Crippen molar-refractivity contribution in [3.63, 3.8) is 0 Å². The number of hydrogen-bond acceptors (Lipinski definition) is 5. The summed E-state index contributed by atoms with van der Waals surface area (Å²) in [7, 11) is 0. The van der Waals surface area contributed by atoms with Gasteiger partial charge in [-0.15, -0.1) is 0 Å². The Balaban J connectivity index is 1.90. The summed E-state index contributed by atoms with van der Waals surface area (Å²) in [5, 5.41) is 14.2. The number of rotatable bonds is 6. The average molecular weight is 331 g/mol. The highest BCUT2D eigenvalue weighted by Crippen LogP contribution is 2.15. The van der Waals surface area contributed by atoms with Gasteiger partial charge in [0.15, 0.2) is 6.61 Å². The second-order valence-corrected chi connectivity index (χ2v) is 4.86. The van der Waals surface area contributed by atoms with Crippen molar-refractivity contribution in [3.05, 3.63) is 69.5 Å². The van der Waals surface area contributed by atoms with Crippen LogP contribution < -0.4 is 10.2 Å². The van der Waals surface area contributed by atoms with E-state index in [0.29, 0.717) is 5.75 Å². The molecule has 24 heavy (non-hydrogen) atoms. The van der Waals surface area contributed by atoms with E-state index in [9.17, 15) is 19.3 Å². The highest BCUT2D eigenvalue weighted by atomic mass is 19.1. The molecule has 0 unspecified atom stereocenters. The summed E-state index contributed by atoms with van der Waals surface area (Å²) in [6, 6.07) is 10.2.